The second-order valence-corrected chi connectivity index (χ2v) is 9.19. The van der Waals surface area contributed by atoms with Crippen LogP contribution in [0.3, 0.4) is 0 Å². The highest BCUT2D eigenvalue weighted by molar-refractivity contribution is 5.79. The molecule has 1 saturated carbocycles. The standard InChI is InChI=1S/C23H34N2O2.C3H8.CH2O2/c1-5-13-25-15-20(16(3)4)23(6-2,24-22(25)27)18-11-12-19(21(26)14-18)17-9-7-8-10-17;1-3-2;2-1-3/h11-12,14-17,26H,5-10,13H2,1-4H3,(H,24,27);3H2,1-2H3;1H,(H,2,3)/t23-;;/m1../s1. The maximum Gasteiger partial charge on any atom is 0.322 e. The van der Waals surface area contributed by atoms with Crippen molar-refractivity contribution in [2.75, 3.05) is 6.54 Å². The van der Waals surface area contributed by atoms with Crippen molar-refractivity contribution in [3.63, 3.8) is 0 Å². The van der Waals surface area contributed by atoms with E-state index in [4.69, 9.17) is 9.90 Å². The molecule has 1 fully saturated rings. The summed E-state index contributed by atoms with van der Waals surface area (Å²) >= 11 is 0. The number of carboxylic acid groups (broad SMARTS) is 1. The summed E-state index contributed by atoms with van der Waals surface area (Å²) in [6.45, 7) is 13.2. The zero-order valence-electron chi connectivity index (χ0n) is 21.4. The molecule has 1 aliphatic carbocycles. The summed E-state index contributed by atoms with van der Waals surface area (Å²) < 4.78 is 0. The molecule has 1 aromatic rings. The van der Waals surface area contributed by atoms with E-state index in [0.29, 0.717) is 24.1 Å². The average molecular weight is 461 g/mol. The highest BCUT2D eigenvalue weighted by atomic mass is 16.3. The number of amides is 2. The van der Waals surface area contributed by atoms with Crippen LogP contribution in [0.25, 0.3) is 0 Å². The van der Waals surface area contributed by atoms with Crippen LogP contribution >= 0.6 is 0 Å². The smallest absolute Gasteiger partial charge is 0.322 e. The van der Waals surface area contributed by atoms with Gasteiger partial charge in [-0.3, -0.25) is 4.79 Å². The fourth-order valence-electron chi connectivity index (χ4n) is 4.84. The summed E-state index contributed by atoms with van der Waals surface area (Å²) in [4.78, 5) is 22.9. The molecule has 6 nitrogen and oxygen atoms in total. The van der Waals surface area contributed by atoms with E-state index < -0.39 is 5.54 Å². The van der Waals surface area contributed by atoms with E-state index in [0.717, 1.165) is 36.8 Å². The number of benzene rings is 1. The van der Waals surface area contributed by atoms with E-state index in [9.17, 15) is 9.90 Å². The molecule has 1 heterocycles. The van der Waals surface area contributed by atoms with E-state index in [1.54, 1.807) is 4.90 Å². The third-order valence-electron chi connectivity index (χ3n) is 6.30. The van der Waals surface area contributed by atoms with Crippen molar-refractivity contribution in [3.05, 3.63) is 41.1 Å². The minimum atomic E-state index is -0.554. The van der Waals surface area contributed by atoms with Crippen LogP contribution in [0, 0.1) is 5.92 Å². The van der Waals surface area contributed by atoms with Gasteiger partial charge in [0.1, 0.15) is 5.75 Å². The highest BCUT2D eigenvalue weighted by Crippen LogP contribution is 2.44. The Balaban J connectivity index is 0.000000819. The fourth-order valence-corrected chi connectivity index (χ4v) is 4.84. The number of hydrogen-bond donors (Lipinski definition) is 3. The number of urea groups is 1. The first-order valence-corrected chi connectivity index (χ1v) is 12.5. The van der Waals surface area contributed by atoms with Crippen LogP contribution in [0.4, 0.5) is 4.79 Å². The lowest BCUT2D eigenvalue weighted by atomic mass is 9.74. The van der Waals surface area contributed by atoms with Crippen LogP contribution < -0.4 is 5.32 Å². The molecule has 1 atom stereocenters. The molecular formula is C27H44N2O4. The number of nitrogens with one attached hydrogen (secondary N) is 1. The third-order valence-corrected chi connectivity index (χ3v) is 6.30. The third kappa shape index (κ3) is 6.99. The summed E-state index contributed by atoms with van der Waals surface area (Å²) in [6.07, 6.45) is 9.77. The van der Waals surface area contributed by atoms with Gasteiger partial charge in [-0.2, -0.15) is 0 Å². The first-order valence-electron chi connectivity index (χ1n) is 12.5. The van der Waals surface area contributed by atoms with Crippen LogP contribution in [0.1, 0.15) is 104 Å². The number of phenols is 1. The maximum absolute atomic E-state index is 12.8. The van der Waals surface area contributed by atoms with E-state index in [-0.39, 0.29) is 12.5 Å². The van der Waals surface area contributed by atoms with Crippen molar-refractivity contribution in [2.45, 2.75) is 97.9 Å². The molecular weight excluding hydrogens is 416 g/mol. The Bertz CT molecular complexity index is 784. The topological polar surface area (TPSA) is 89.9 Å². The number of hydrogen-bond acceptors (Lipinski definition) is 3. The van der Waals surface area contributed by atoms with Gasteiger partial charge in [0.15, 0.2) is 0 Å². The molecule has 0 bridgehead atoms. The molecule has 6 heteroatoms. The van der Waals surface area contributed by atoms with E-state index in [1.807, 2.05) is 12.3 Å². The van der Waals surface area contributed by atoms with Crippen molar-refractivity contribution in [3.8, 4) is 5.75 Å². The maximum atomic E-state index is 12.8. The second-order valence-electron chi connectivity index (χ2n) is 9.19. The van der Waals surface area contributed by atoms with Gasteiger partial charge in [0.2, 0.25) is 0 Å². The Morgan fingerprint density at radius 3 is 2.21 bits per heavy atom. The van der Waals surface area contributed by atoms with Gasteiger partial charge < -0.3 is 20.4 Å². The summed E-state index contributed by atoms with van der Waals surface area (Å²) in [6, 6.07) is 6.04. The van der Waals surface area contributed by atoms with Crippen molar-refractivity contribution in [1.29, 1.82) is 0 Å². The van der Waals surface area contributed by atoms with Gasteiger partial charge in [0.05, 0.1) is 5.54 Å². The summed E-state index contributed by atoms with van der Waals surface area (Å²) in [7, 11) is 0. The molecule has 2 amide bonds. The van der Waals surface area contributed by atoms with Gasteiger partial charge in [0.25, 0.3) is 6.47 Å². The summed E-state index contributed by atoms with van der Waals surface area (Å²) in [5, 5.41) is 21.0. The molecule has 33 heavy (non-hydrogen) atoms. The van der Waals surface area contributed by atoms with Crippen LogP contribution in [-0.4, -0.2) is 34.2 Å². The number of carbonyl (C=O) groups excluding carboxylic acids is 1. The fraction of sp³-hybridized carbons (Fsp3) is 0.630. The zero-order valence-corrected chi connectivity index (χ0v) is 21.4. The summed E-state index contributed by atoms with van der Waals surface area (Å²) in [5.74, 6) is 1.14. The Morgan fingerprint density at radius 1 is 1.18 bits per heavy atom. The number of carbonyl (C=O) groups is 2. The molecule has 0 radical (unpaired) electrons. The number of rotatable bonds is 6. The van der Waals surface area contributed by atoms with E-state index in [2.05, 4.69) is 59.0 Å². The normalized spacial score (nSPS) is 20.3. The predicted octanol–water partition coefficient (Wildman–Crippen LogP) is 6.75. The van der Waals surface area contributed by atoms with Gasteiger partial charge >= 0.3 is 6.03 Å². The number of aromatic hydroxyl groups is 1. The molecule has 1 aliphatic heterocycles. The summed E-state index contributed by atoms with van der Waals surface area (Å²) in [5.41, 5.74) is 2.69. The Labute approximate surface area is 200 Å². The first-order chi connectivity index (χ1) is 15.8. The quantitative estimate of drug-likeness (QED) is 0.410. The van der Waals surface area contributed by atoms with Crippen molar-refractivity contribution >= 4 is 12.5 Å². The van der Waals surface area contributed by atoms with E-state index >= 15 is 0 Å². The molecule has 0 aromatic heterocycles. The minimum absolute atomic E-state index is 0.0533. The second kappa shape index (κ2) is 13.9. The predicted molar refractivity (Wildman–Crippen MR) is 134 cm³/mol. The zero-order chi connectivity index (χ0) is 25.0. The van der Waals surface area contributed by atoms with Gasteiger partial charge in [-0.05, 0) is 60.3 Å². The van der Waals surface area contributed by atoms with Crippen molar-refractivity contribution in [2.24, 2.45) is 5.92 Å². The van der Waals surface area contributed by atoms with Crippen LogP contribution in [0.2, 0.25) is 0 Å². The molecule has 3 N–H and O–H groups in total. The molecule has 2 aliphatic rings. The van der Waals surface area contributed by atoms with E-state index in [1.165, 1.54) is 24.8 Å². The average Bonchev–Trinajstić information content (AvgIpc) is 3.30. The monoisotopic (exact) mass is 460 g/mol. The van der Waals surface area contributed by atoms with Crippen LogP contribution in [0.5, 0.6) is 5.75 Å². The van der Waals surface area contributed by atoms with Crippen LogP contribution in [-0.2, 0) is 10.3 Å². The lowest BCUT2D eigenvalue weighted by Crippen LogP contribution is -2.56. The molecule has 0 spiro atoms. The number of phenolic OH excluding ortho intramolecular Hbond substituents is 1. The molecule has 0 saturated heterocycles. The lowest BCUT2D eigenvalue weighted by Gasteiger charge is -2.44. The Morgan fingerprint density at radius 2 is 1.76 bits per heavy atom. The molecule has 186 valence electrons. The number of nitrogens with zero attached hydrogens (tertiary/aromatic N) is 1. The van der Waals surface area contributed by atoms with Gasteiger partial charge in [-0.15, -0.1) is 0 Å². The highest BCUT2D eigenvalue weighted by Gasteiger charge is 2.42. The molecule has 0 unspecified atom stereocenters. The lowest BCUT2D eigenvalue weighted by molar-refractivity contribution is -0.122. The van der Waals surface area contributed by atoms with Crippen molar-refractivity contribution in [1.82, 2.24) is 10.2 Å². The van der Waals surface area contributed by atoms with Gasteiger partial charge in [0, 0.05) is 12.7 Å². The SMILES string of the molecule is CCC.CCCN1C=C(C(C)C)[C@@](CC)(c2ccc(C3CCCC3)c(O)c2)NC1=O.O=CO. The minimum Gasteiger partial charge on any atom is -0.508 e. The van der Waals surface area contributed by atoms with Crippen LogP contribution in [0.15, 0.2) is 30.0 Å². The van der Waals surface area contributed by atoms with Gasteiger partial charge in [-0.25, -0.2) is 4.79 Å². The molecule has 3 rings (SSSR count). The largest absolute Gasteiger partial charge is 0.508 e. The molecule has 1 aromatic carbocycles. The van der Waals surface area contributed by atoms with Gasteiger partial charge in [-0.1, -0.05) is 72.9 Å². The first kappa shape index (κ1) is 28.5. The Kier molecular flexibility index (Phi) is 12.0. The Hall–Kier alpha value is -2.50. The van der Waals surface area contributed by atoms with Crippen molar-refractivity contribution < 1.29 is 19.8 Å².